The first-order valence-electron chi connectivity index (χ1n) is 15.4. The molecule has 0 saturated carbocycles. The molecule has 0 N–H and O–H groups in total. The number of amides is 1. The number of unbranched alkanes of at least 4 members (excludes halogenated alkanes) is 3. The highest BCUT2D eigenvalue weighted by atomic mass is 32.2. The highest BCUT2D eigenvalue weighted by Crippen LogP contribution is 2.35. The van der Waals surface area contributed by atoms with Crippen molar-refractivity contribution in [2.45, 2.75) is 69.3 Å². The normalized spacial score (nSPS) is 19.9. The lowest BCUT2D eigenvalue weighted by molar-refractivity contribution is -0.180. The number of rotatable bonds is 12. The zero-order valence-corrected chi connectivity index (χ0v) is 26.4. The number of benzene rings is 2. The molecule has 1 atom stereocenters. The second-order valence-electron chi connectivity index (χ2n) is 11.6. The molecule has 3 aliphatic rings. The molecule has 0 spiro atoms. The van der Waals surface area contributed by atoms with Crippen molar-refractivity contribution >= 4 is 16.1 Å². The van der Waals surface area contributed by atoms with Crippen molar-refractivity contribution in [3.63, 3.8) is 0 Å². The van der Waals surface area contributed by atoms with Crippen molar-refractivity contribution in [1.29, 1.82) is 0 Å². The number of fused-ring (bicyclic) bond motifs is 1. The molecular formula is C33H42N2O8S. The molecule has 11 heteroatoms. The van der Waals surface area contributed by atoms with Crippen LogP contribution in [0.4, 0.5) is 4.79 Å². The third kappa shape index (κ3) is 8.52. The molecule has 3 heterocycles. The molecule has 238 valence electrons. The van der Waals surface area contributed by atoms with Crippen LogP contribution in [0.15, 0.2) is 47.4 Å². The van der Waals surface area contributed by atoms with Gasteiger partial charge in [-0.3, -0.25) is 0 Å². The number of hydrogen-bond acceptors (Lipinski definition) is 8. The van der Waals surface area contributed by atoms with Crippen LogP contribution in [-0.4, -0.2) is 82.1 Å². The van der Waals surface area contributed by atoms with Gasteiger partial charge in [0.15, 0.2) is 0 Å². The smallest absolute Gasteiger partial charge is 0.410 e. The maximum absolute atomic E-state index is 12.9. The highest BCUT2D eigenvalue weighted by Gasteiger charge is 2.34. The Morgan fingerprint density at radius 1 is 1.02 bits per heavy atom. The number of carbonyl (C=O) groups is 1. The van der Waals surface area contributed by atoms with Crippen molar-refractivity contribution in [3.05, 3.63) is 59.2 Å². The Labute approximate surface area is 260 Å². The van der Waals surface area contributed by atoms with E-state index in [4.69, 9.17) is 23.7 Å². The first-order chi connectivity index (χ1) is 21.2. The third-order valence-electron chi connectivity index (χ3n) is 7.79. The fourth-order valence-corrected chi connectivity index (χ4v) is 6.80. The van der Waals surface area contributed by atoms with Crippen LogP contribution in [0.2, 0.25) is 0 Å². The largest absolute Gasteiger partial charge is 0.463 e. The van der Waals surface area contributed by atoms with Gasteiger partial charge in [-0.15, -0.1) is 0 Å². The van der Waals surface area contributed by atoms with Gasteiger partial charge in [-0.1, -0.05) is 36.8 Å². The highest BCUT2D eigenvalue weighted by molar-refractivity contribution is 7.89. The molecule has 2 fully saturated rings. The summed E-state index contributed by atoms with van der Waals surface area (Å²) in [5.41, 5.74) is 2.59. The van der Waals surface area contributed by atoms with Crippen LogP contribution in [0.1, 0.15) is 68.7 Å². The number of nitrogens with zero attached hydrogens (tertiary/aromatic N) is 2. The summed E-state index contributed by atoms with van der Waals surface area (Å²) in [5, 5.41) is 0. The fourth-order valence-electron chi connectivity index (χ4n) is 5.34. The predicted molar refractivity (Wildman–Crippen MR) is 164 cm³/mol. The van der Waals surface area contributed by atoms with Crippen LogP contribution in [-0.2, 0) is 35.6 Å². The lowest BCUT2D eigenvalue weighted by Gasteiger charge is -2.32. The number of carbonyl (C=O) groups excluding carboxylic acids is 1. The standard InChI is InChI=1S/C33H42N2O8S/c1-33(2)41-25-28-23-27(13-14-30(28)43-33)31-24-34(32(36)42-31)15-6-3-4-7-18-39-19-8-5-10-26-11-9-12-29(22-26)44(37,38)35-16-20-40-21-17-35/h9,11-14,22-23,31H,3-4,6-8,15-21,24-25H2,1-2H3/t31-/m0/s1. The van der Waals surface area contributed by atoms with E-state index in [1.54, 1.807) is 23.1 Å². The SMILES string of the molecule is CC1(C)OCc2cc([C@@H]3CN(CCCCCCOCCC#Cc4cccc(S(=O)(=O)N5CCOCC5)c4)C(=O)O3)ccc2O1. The maximum atomic E-state index is 12.9. The first kappa shape index (κ1) is 32.3. The molecule has 0 unspecified atom stereocenters. The van der Waals surface area contributed by atoms with Crippen LogP contribution in [0.3, 0.4) is 0 Å². The first-order valence-corrected chi connectivity index (χ1v) is 16.8. The lowest BCUT2D eigenvalue weighted by atomic mass is 10.0. The second-order valence-corrected chi connectivity index (χ2v) is 13.5. The van der Waals surface area contributed by atoms with E-state index in [-0.39, 0.29) is 17.1 Å². The van der Waals surface area contributed by atoms with Crippen LogP contribution in [0.5, 0.6) is 5.75 Å². The number of ether oxygens (including phenoxy) is 5. The molecular weight excluding hydrogens is 584 g/mol. The summed E-state index contributed by atoms with van der Waals surface area (Å²) in [4.78, 5) is 14.5. The maximum Gasteiger partial charge on any atom is 0.410 e. The van der Waals surface area contributed by atoms with Gasteiger partial charge in [0.1, 0.15) is 11.9 Å². The van der Waals surface area contributed by atoms with Crippen molar-refractivity contribution < 1.29 is 36.9 Å². The Hall–Kier alpha value is -3.14. The minimum absolute atomic E-state index is 0.258. The van der Waals surface area contributed by atoms with E-state index in [9.17, 15) is 13.2 Å². The summed E-state index contributed by atoms with van der Waals surface area (Å²) in [6, 6.07) is 12.7. The molecule has 2 aromatic carbocycles. The van der Waals surface area contributed by atoms with Gasteiger partial charge in [0.25, 0.3) is 0 Å². The topological polar surface area (TPSA) is 104 Å². The van der Waals surface area contributed by atoms with Gasteiger partial charge >= 0.3 is 6.09 Å². The Morgan fingerprint density at radius 2 is 1.84 bits per heavy atom. The molecule has 10 nitrogen and oxygen atoms in total. The molecule has 2 saturated heterocycles. The molecule has 1 amide bonds. The Morgan fingerprint density at radius 3 is 2.68 bits per heavy atom. The van der Waals surface area contributed by atoms with Crippen LogP contribution in [0.25, 0.3) is 0 Å². The zero-order valence-electron chi connectivity index (χ0n) is 25.6. The number of morpholine rings is 1. The van der Waals surface area contributed by atoms with E-state index < -0.39 is 15.8 Å². The van der Waals surface area contributed by atoms with Gasteiger partial charge in [-0.05, 0) is 48.7 Å². The van der Waals surface area contributed by atoms with E-state index in [0.717, 1.165) is 42.6 Å². The summed E-state index contributed by atoms with van der Waals surface area (Å²) in [5.74, 6) is 6.29. The van der Waals surface area contributed by atoms with Crippen LogP contribution >= 0.6 is 0 Å². The zero-order chi connectivity index (χ0) is 31.0. The van der Waals surface area contributed by atoms with Crippen LogP contribution in [0, 0.1) is 11.8 Å². The van der Waals surface area contributed by atoms with Gasteiger partial charge in [0.2, 0.25) is 15.8 Å². The average molecular weight is 627 g/mol. The minimum Gasteiger partial charge on any atom is -0.463 e. The average Bonchev–Trinajstić information content (AvgIpc) is 3.39. The van der Waals surface area contributed by atoms with Crippen molar-refractivity contribution in [2.24, 2.45) is 0 Å². The van der Waals surface area contributed by atoms with Crippen LogP contribution < -0.4 is 4.74 Å². The molecule has 5 rings (SSSR count). The number of cyclic esters (lactones) is 1. The monoisotopic (exact) mass is 626 g/mol. The molecule has 0 radical (unpaired) electrons. The van der Waals surface area contributed by atoms with E-state index in [0.29, 0.717) is 71.2 Å². The summed E-state index contributed by atoms with van der Waals surface area (Å²) in [6.07, 6.45) is 3.89. The Balaban J connectivity index is 0.938. The van der Waals surface area contributed by atoms with E-state index >= 15 is 0 Å². The van der Waals surface area contributed by atoms with Gasteiger partial charge < -0.3 is 28.6 Å². The molecule has 0 aliphatic carbocycles. The summed E-state index contributed by atoms with van der Waals surface area (Å²) in [7, 11) is -3.54. The van der Waals surface area contributed by atoms with Gasteiger partial charge in [0.05, 0.1) is 37.9 Å². The number of hydrogen-bond donors (Lipinski definition) is 0. The minimum atomic E-state index is -3.54. The second kappa shape index (κ2) is 14.8. The summed E-state index contributed by atoms with van der Waals surface area (Å²) >= 11 is 0. The lowest BCUT2D eigenvalue weighted by Crippen LogP contribution is -2.40. The molecule has 0 aromatic heterocycles. The van der Waals surface area contributed by atoms with Crippen molar-refractivity contribution in [3.8, 4) is 17.6 Å². The van der Waals surface area contributed by atoms with Gasteiger partial charge in [-0.25, -0.2) is 13.2 Å². The predicted octanol–water partition coefficient (Wildman–Crippen LogP) is 4.86. The Kier molecular flexibility index (Phi) is 10.8. The molecule has 2 aromatic rings. The summed E-state index contributed by atoms with van der Waals surface area (Å²) in [6.45, 7) is 8.21. The quantitative estimate of drug-likeness (QED) is 0.243. The van der Waals surface area contributed by atoms with Crippen molar-refractivity contribution in [1.82, 2.24) is 9.21 Å². The van der Waals surface area contributed by atoms with Gasteiger partial charge in [0, 0.05) is 57.6 Å². The fraction of sp³-hybridized carbons (Fsp3) is 0.545. The van der Waals surface area contributed by atoms with E-state index in [2.05, 4.69) is 11.8 Å². The van der Waals surface area contributed by atoms with E-state index in [1.165, 1.54) is 4.31 Å². The Bertz CT molecular complexity index is 1460. The molecule has 3 aliphatic heterocycles. The third-order valence-corrected chi connectivity index (χ3v) is 9.68. The number of sulfonamides is 1. The summed E-state index contributed by atoms with van der Waals surface area (Å²) < 4.78 is 55.4. The van der Waals surface area contributed by atoms with E-state index in [1.807, 2.05) is 38.1 Å². The van der Waals surface area contributed by atoms with Crippen molar-refractivity contribution in [2.75, 3.05) is 52.6 Å². The molecule has 0 bridgehead atoms. The molecule has 44 heavy (non-hydrogen) atoms. The van der Waals surface area contributed by atoms with Gasteiger partial charge in [-0.2, -0.15) is 4.31 Å².